The molecule has 12 heavy (non-hydrogen) atoms. The maximum absolute atomic E-state index is 9.01. The molecular formula is C10H23NO. The van der Waals surface area contributed by atoms with Gasteiger partial charge in [-0.05, 0) is 53.6 Å². The summed E-state index contributed by atoms with van der Waals surface area (Å²) in [6, 6.07) is 0.636. The van der Waals surface area contributed by atoms with Crippen LogP contribution >= 0.6 is 0 Å². The molecule has 0 unspecified atom stereocenters. The molecule has 0 amide bonds. The van der Waals surface area contributed by atoms with Crippen LogP contribution in [0, 0.1) is 0 Å². The third-order valence-corrected chi connectivity index (χ3v) is 2.26. The Morgan fingerprint density at radius 3 is 2.17 bits per heavy atom. The lowest BCUT2D eigenvalue weighted by Crippen LogP contribution is -2.27. The lowest BCUT2D eigenvalue weighted by atomic mass is 10.1. The fourth-order valence-electron chi connectivity index (χ4n) is 1.06. The Hall–Kier alpha value is -0.0800. The predicted octanol–water partition coefficient (Wildman–Crippen LogP) is 1.88. The lowest BCUT2D eigenvalue weighted by Gasteiger charge is -2.20. The summed E-state index contributed by atoms with van der Waals surface area (Å²) in [4.78, 5) is 2.34. The van der Waals surface area contributed by atoms with Crippen molar-refractivity contribution >= 4 is 0 Å². The van der Waals surface area contributed by atoms with Crippen molar-refractivity contribution in [1.29, 1.82) is 0 Å². The number of hydrogen-bond acceptors (Lipinski definition) is 2. The zero-order chi connectivity index (χ0) is 9.56. The van der Waals surface area contributed by atoms with Crippen LogP contribution in [0.5, 0.6) is 0 Å². The second-order valence-corrected chi connectivity index (χ2v) is 3.92. The van der Waals surface area contributed by atoms with E-state index in [9.17, 15) is 0 Å². The largest absolute Gasteiger partial charge is 0.393 e. The smallest absolute Gasteiger partial charge is 0.0512 e. The monoisotopic (exact) mass is 173 g/mol. The van der Waals surface area contributed by atoms with Crippen LogP contribution in [-0.2, 0) is 0 Å². The summed E-state index contributed by atoms with van der Waals surface area (Å²) in [6.07, 6.45) is 3.13. The molecule has 0 aliphatic heterocycles. The van der Waals surface area contributed by atoms with Gasteiger partial charge in [0.25, 0.3) is 0 Å². The molecule has 1 N–H and O–H groups in total. The van der Waals surface area contributed by atoms with Crippen molar-refractivity contribution in [2.24, 2.45) is 0 Å². The molecule has 2 heteroatoms. The summed E-state index contributed by atoms with van der Waals surface area (Å²) < 4.78 is 0. The van der Waals surface area contributed by atoms with E-state index in [0.29, 0.717) is 6.04 Å². The van der Waals surface area contributed by atoms with Crippen molar-refractivity contribution in [3.05, 3.63) is 0 Å². The Morgan fingerprint density at radius 1 is 1.17 bits per heavy atom. The highest BCUT2D eigenvalue weighted by atomic mass is 16.3. The molecule has 1 atom stereocenters. The lowest BCUT2D eigenvalue weighted by molar-refractivity contribution is 0.176. The summed E-state index contributed by atoms with van der Waals surface area (Å²) in [5.74, 6) is 0. The second-order valence-electron chi connectivity index (χ2n) is 3.92. The van der Waals surface area contributed by atoms with E-state index in [-0.39, 0.29) is 6.10 Å². The SMILES string of the molecule is CC(C)N(C)CCCC[C@@H](C)O. The van der Waals surface area contributed by atoms with Gasteiger partial charge in [-0.25, -0.2) is 0 Å². The highest BCUT2D eigenvalue weighted by molar-refractivity contribution is 4.57. The molecule has 2 nitrogen and oxygen atoms in total. The van der Waals surface area contributed by atoms with Crippen LogP contribution in [0.3, 0.4) is 0 Å². The van der Waals surface area contributed by atoms with Crippen LogP contribution < -0.4 is 0 Å². The minimum Gasteiger partial charge on any atom is -0.393 e. The zero-order valence-electron chi connectivity index (χ0n) is 8.88. The Bertz CT molecular complexity index is 102. The molecule has 0 heterocycles. The predicted molar refractivity (Wildman–Crippen MR) is 53.3 cm³/mol. The van der Waals surface area contributed by atoms with Crippen LogP contribution in [0.4, 0.5) is 0 Å². The van der Waals surface area contributed by atoms with Gasteiger partial charge in [0.2, 0.25) is 0 Å². The van der Waals surface area contributed by atoms with Crippen LogP contribution in [0.25, 0.3) is 0 Å². The number of nitrogens with zero attached hydrogens (tertiary/aromatic N) is 1. The number of rotatable bonds is 6. The van der Waals surface area contributed by atoms with Gasteiger partial charge in [-0.1, -0.05) is 0 Å². The van der Waals surface area contributed by atoms with Gasteiger partial charge in [-0.2, -0.15) is 0 Å². The standard InChI is InChI=1S/C10H23NO/c1-9(2)11(4)8-6-5-7-10(3)12/h9-10,12H,5-8H2,1-4H3/t10-/m1/s1. The first-order valence-electron chi connectivity index (χ1n) is 4.92. The quantitative estimate of drug-likeness (QED) is 0.620. The summed E-state index contributed by atoms with van der Waals surface area (Å²) >= 11 is 0. The first-order chi connectivity index (χ1) is 5.54. The fraction of sp³-hybridized carbons (Fsp3) is 1.00. The van der Waals surface area contributed by atoms with E-state index in [1.807, 2.05) is 6.92 Å². The zero-order valence-corrected chi connectivity index (χ0v) is 8.88. The topological polar surface area (TPSA) is 23.5 Å². The molecule has 0 bridgehead atoms. The van der Waals surface area contributed by atoms with Crippen molar-refractivity contribution in [3.8, 4) is 0 Å². The minimum atomic E-state index is -0.130. The second kappa shape index (κ2) is 6.44. The van der Waals surface area contributed by atoms with E-state index in [0.717, 1.165) is 19.4 Å². The molecule has 0 saturated heterocycles. The van der Waals surface area contributed by atoms with E-state index in [1.165, 1.54) is 6.42 Å². The highest BCUT2D eigenvalue weighted by Crippen LogP contribution is 2.02. The molecule has 0 radical (unpaired) electrons. The van der Waals surface area contributed by atoms with Gasteiger partial charge in [0, 0.05) is 6.04 Å². The number of aliphatic hydroxyl groups is 1. The molecule has 0 saturated carbocycles. The van der Waals surface area contributed by atoms with Gasteiger partial charge in [0.05, 0.1) is 6.10 Å². The van der Waals surface area contributed by atoms with Crippen LogP contribution in [0.1, 0.15) is 40.0 Å². The molecule has 74 valence electrons. The molecule has 0 rings (SSSR count). The molecular weight excluding hydrogens is 150 g/mol. The summed E-state index contributed by atoms with van der Waals surface area (Å²) in [5, 5.41) is 9.01. The molecule has 0 aliphatic rings. The third kappa shape index (κ3) is 6.62. The number of unbranched alkanes of at least 4 members (excludes halogenated alkanes) is 1. The molecule has 0 spiro atoms. The number of aliphatic hydroxyl groups excluding tert-OH is 1. The van der Waals surface area contributed by atoms with Gasteiger partial charge < -0.3 is 10.0 Å². The van der Waals surface area contributed by atoms with Crippen molar-refractivity contribution in [1.82, 2.24) is 4.90 Å². The Kier molecular flexibility index (Phi) is 6.39. The number of hydrogen-bond donors (Lipinski definition) is 1. The molecule has 0 aromatic heterocycles. The van der Waals surface area contributed by atoms with Crippen LogP contribution in [0.2, 0.25) is 0 Å². The summed E-state index contributed by atoms with van der Waals surface area (Å²) in [7, 11) is 2.15. The van der Waals surface area contributed by atoms with Gasteiger partial charge in [0.15, 0.2) is 0 Å². The van der Waals surface area contributed by atoms with E-state index >= 15 is 0 Å². The van der Waals surface area contributed by atoms with Crippen molar-refractivity contribution in [2.45, 2.75) is 52.2 Å². The van der Waals surface area contributed by atoms with Gasteiger partial charge in [-0.3, -0.25) is 0 Å². The van der Waals surface area contributed by atoms with E-state index < -0.39 is 0 Å². The Labute approximate surface area is 76.6 Å². The van der Waals surface area contributed by atoms with Crippen molar-refractivity contribution < 1.29 is 5.11 Å². The average molecular weight is 173 g/mol. The minimum absolute atomic E-state index is 0.130. The Morgan fingerprint density at radius 2 is 1.75 bits per heavy atom. The fourth-order valence-corrected chi connectivity index (χ4v) is 1.06. The normalized spacial score (nSPS) is 14.2. The van der Waals surface area contributed by atoms with Gasteiger partial charge in [0.1, 0.15) is 0 Å². The third-order valence-electron chi connectivity index (χ3n) is 2.26. The molecule has 0 fully saturated rings. The average Bonchev–Trinajstić information content (AvgIpc) is 1.97. The van der Waals surface area contributed by atoms with E-state index in [4.69, 9.17) is 5.11 Å². The van der Waals surface area contributed by atoms with Gasteiger partial charge >= 0.3 is 0 Å². The van der Waals surface area contributed by atoms with Crippen LogP contribution in [0.15, 0.2) is 0 Å². The highest BCUT2D eigenvalue weighted by Gasteiger charge is 2.02. The van der Waals surface area contributed by atoms with Crippen molar-refractivity contribution in [2.75, 3.05) is 13.6 Å². The maximum atomic E-state index is 9.01. The summed E-state index contributed by atoms with van der Waals surface area (Å²) in [5.41, 5.74) is 0. The van der Waals surface area contributed by atoms with E-state index in [2.05, 4.69) is 25.8 Å². The molecule has 0 aliphatic carbocycles. The first kappa shape index (κ1) is 11.9. The molecule has 0 aromatic rings. The van der Waals surface area contributed by atoms with Gasteiger partial charge in [-0.15, -0.1) is 0 Å². The summed E-state index contributed by atoms with van der Waals surface area (Å²) in [6.45, 7) is 7.40. The Balaban J connectivity index is 3.20. The maximum Gasteiger partial charge on any atom is 0.0512 e. The first-order valence-corrected chi connectivity index (χ1v) is 4.92. The van der Waals surface area contributed by atoms with Crippen molar-refractivity contribution in [3.63, 3.8) is 0 Å². The van der Waals surface area contributed by atoms with Crippen LogP contribution in [-0.4, -0.2) is 35.7 Å². The molecule has 0 aromatic carbocycles. The van der Waals surface area contributed by atoms with E-state index in [1.54, 1.807) is 0 Å².